The summed E-state index contributed by atoms with van der Waals surface area (Å²) in [4.78, 5) is 0. The summed E-state index contributed by atoms with van der Waals surface area (Å²) in [6, 6.07) is 0. The Morgan fingerprint density at radius 2 is 2.00 bits per heavy atom. The highest BCUT2D eigenvalue weighted by Crippen LogP contribution is 2.12. The number of hydrogen-bond acceptors (Lipinski definition) is 1. The van der Waals surface area contributed by atoms with Gasteiger partial charge in [-0.2, -0.15) is 0 Å². The van der Waals surface area contributed by atoms with Crippen LogP contribution in [0.2, 0.25) is 0 Å². The van der Waals surface area contributed by atoms with Gasteiger partial charge >= 0.3 is 0 Å². The molecule has 0 fully saturated rings. The average molecular weight is 158 g/mol. The van der Waals surface area contributed by atoms with Crippen molar-refractivity contribution in [3.8, 4) is 0 Å². The van der Waals surface area contributed by atoms with E-state index >= 15 is 0 Å². The molecule has 10 heavy (non-hydrogen) atoms. The molecule has 0 aromatic heterocycles. The maximum Gasteiger partial charge on any atom is 0.0634 e. The van der Waals surface area contributed by atoms with E-state index in [-0.39, 0.29) is 0 Å². The third-order valence-electron chi connectivity index (χ3n) is 1.06. The Hall–Kier alpha value is -0.690. The molecule has 2 N–H and O–H groups in total. The van der Waals surface area contributed by atoms with Gasteiger partial charge in [-0.05, 0) is 19.9 Å². The van der Waals surface area contributed by atoms with E-state index in [1.54, 1.807) is 12.2 Å². The summed E-state index contributed by atoms with van der Waals surface area (Å²) >= 11 is 5.73. The monoisotopic (exact) mass is 157 g/mol. The third kappa shape index (κ3) is 2.74. The van der Waals surface area contributed by atoms with E-state index < -0.39 is 0 Å². The van der Waals surface area contributed by atoms with Crippen LogP contribution in [0.3, 0.4) is 0 Å². The fourth-order valence-corrected chi connectivity index (χ4v) is 0.710. The molecule has 0 bridgehead atoms. The lowest BCUT2D eigenvalue weighted by Crippen LogP contribution is -1.98. The summed E-state index contributed by atoms with van der Waals surface area (Å²) < 4.78 is 0. The van der Waals surface area contributed by atoms with Crippen LogP contribution in [0.4, 0.5) is 0 Å². The van der Waals surface area contributed by atoms with Gasteiger partial charge in [-0.15, -0.1) is 0 Å². The lowest BCUT2D eigenvalue weighted by molar-refractivity contribution is 1.24. The molecular formula is C8H12ClN. The molecule has 0 amide bonds. The smallest absolute Gasteiger partial charge is 0.0634 e. The van der Waals surface area contributed by atoms with Crippen molar-refractivity contribution in [1.82, 2.24) is 0 Å². The van der Waals surface area contributed by atoms with Crippen molar-refractivity contribution in [2.24, 2.45) is 5.73 Å². The van der Waals surface area contributed by atoms with Crippen LogP contribution in [0.25, 0.3) is 0 Å². The molecule has 0 rings (SSSR count). The topological polar surface area (TPSA) is 26.0 Å². The minimum atomic E-state index is 0.551. The lowest BCUT2D eigenvalue weighted by atomic mass is 10.2. The maximum absolute atomic E-state index is 5.73. The molecule has 2 heteroatoms. The Labute approximate surface area is 66.9 Å². The summed E-state index contributed by atoms with van der Waals surface area (Å²) in [5.74, 6) is 0. The van der Waals surface area contributed by atoms with Gasteiger partial charge in [0.2, 0.25) is 0 Å². The second-order valence-electron chi connectivity index (χ2n) is 2.16. The van der Waals surface area contributed by atoms with E-state index in [1.807, 2.05) is 13.8 Å². The van der Waals surface area contributed by atoms with Crippen LogP contribution < -0.4 is 5.73 Å². The maximum atomic E-state index is 5.73. The first-order chi connectivity index (χ1) is 4.59. The number of rotatable bonds is 2. The van der Waals surface area contributed by atoms with E-state index in [2.05, 4.69) is 6.58 Å². The minimum Gasteiger partial charge on any atom is -0.398 e. The third-order valence-corrected chi connectivity index (χ3v) is 1.39. The lowest BCUT2D eigenvalue weighted by Gasteiger charge is -1.99. The van der Waals surface area contributed by atoms with Gasteiger partial charge in [0.05, 0.1) is 5.03 Å². The van der Waals surface area contributed by atoms with Gasteiger partial charge in [0, 0.05) is 5.70 Å². The molecule has 0 aliphatic heterocycles. The zero-order valence-corrected chi connectivity index (χ0v) is 7.07. The molecule has 0 saturated heterocycles. The first-order valence-electron chi connectivity index (χ1n) is 3.01. The Morgan fingerprint density at radius 1 is 1.50 bits per heavy atom. The number of halogens is 1. The number of hydrogen-bond donors (Lipinski definition) is 1. The summed E-state index contributed by atoms with van der Waals surface area (Å²) in [6.45, 7) is 7.33. The Kier molecular flexibility index (Phi) is 3.89. The van der Waals surface area contributed by atoms with Crippen molar-refractivity contribution in [3.63, 3.8) is 0 Å². The van der Waals surface area contributed by atoms with Crippen molar-refractivity contribution in [1.29, 1.82) is 0 Å². The van der Waals surface area contributed by atoms with E-state index in [4.69, 9.17) is 17.3 Å². The second kappa shape index (κ2) is 4.18. The van der Waals surface area contributed by atoms with Gasteiger partial charge < -0.3 is 5.73 Å². The predicted octanol–water partition coefficient (Wildman–Crippen LogP) is 2.55. The molecule has 0 spiro atoms. The molecule has 0 saturated carbocycles. The SMILES string of the molecule is C=C/C=C(/Cl)C(N)=C(C)C. The Bertz CT molecular complexity index is 185. The Balaban J connectivity index is 4.51. The molecule has 0 unspecified atom stereocenters. The Morgan fingerprint density at radius 3 is 2.30 bits per heavy atom. The van der Waals surface area contributed by atoms with Crippen LogP contribution in [-0.4, -0.2) is 0 Å². The van der Waals surface area contributed by atoms with E-state index in [1.165, 1.54) is 0 Å². The molecule has 0 aliphatic carbocycles. The quantitative estimate of drug-likeness (QED) is 0.613. The second-order valence-corrected chi connectivity index (χ2v) is 2.57. The van der Waals surface area contributed by atoms with Crippen molar-refractivity contribution >= 4 is 11.6 Å². The van der Waals surface area contributed by atoms with E-state index in [0.29, 0.717) is 10.7 Å². The van der Waals surface area contributed by atoms with Crippen LogP contribution in [0.15, 0.2) is 35.0 Å². The molecule has 0 aliphatic rings. The van der Waals surface area contributed by atoms with Gasteiger partial charge in [-0.25, -0.2) is 0 Å². The van der Waals surface area contributed by atoms with Crippen molar-refractivity contribution in [2.75, 3.05) is 0 Å². The van der Waals surface area contributed by atoms with Gasteiger partial charge in [0.25, 0.3) is 0 Å². The van der Waals surface area contributed by atoms with Crippen molar-refractivity contribution in [2.45, 2.75) is 13.8 Å². The average Bonchev–Trinajstić information content (AvgIpc) is 1.87. The van der Waals surface area contributed by atoms with Gasteiger partial charge in [-0.3, -0.25) is 0 Å². The molecule has 0 aromatic carbocycles. The fraction of sp³-hybridized carbons (Fsp3) is 0.250. The molecule has 0 atom stereocenters. The summed E-state index contributed by atoms with van der Waals surface area (Å²) in [5, 5.41) is 0.551. The largest absolute Gasteiger partial charge is 0.398 e. The number of allylic oxidation sites excluding steroid dienone is 4. The van der Waals surface area contributed by atoms with E-state index in [9.17, 15) is 0 Å². The standard InChI is InChI=1S/C8H12ClN/c1-4-5-7(9)8(10)6(2)3/h4-5H,1,10H2,2-3H3/b7-5+. The predicted molar refractivity (Wildman–Crippen MR) is 46.7 cm³/mol. The highest BCUT2D eigenvalue weighted by atomic mass is 35.5. The normalized spacial score (nSPS) is 10.9. The summed E-state index contributed by atoms with van der Waals surface area (Å²) in [6.07, 6.45) is 3.28. The van der Waals surface area contributed by atoms with Gasteiger partial charge in [0.1, 0.15) is 0 Å². The first-order valence-corrected chi connectivity index (χ1v) is 3.39. The van der Waals surface area contributed by atoms with Gasteiger partial charge in [0.15, 0.2) is 0 Å². The van der Waals surface area contributed by atoms with E-state index in [0.717, 1.165) is 5.57 Å². The van der Waals surface area contributed by atoms with Crippen LogP contribution in [0, 0.1) is 0 Å². The zero-order chi connectivity index (χ0) is 8.15. The fourth-order valence-electron chi connectivity index (χ4n) is 0.432. The van der Waals surface area contributed by atoms with Gasteiger partial charge in [-0.1, -0.05) is 29.8 Å². The molecule has 0 heterocycles. The molecule has 0 aromatic rings. The number of nitrogens with two attached hydrogens (primary N) is 1. The first kappa shape index (κ1) is 9.31. The minimum absolute atomic E-state index is 0.551. The molecular weight excluding hydrogens is 146 g/mol. The zero-order valence-electron chi connectivity index (χ0n) is 6.32. The molecule has 56 valence electrons. The molecule has 0 radical (unpaired) electrons. The van der Waals surface area contributed by atoms with Crippen LogP contribution in [0.5, 0.6) is 0 Å². The van der Waals surface area contributed by atoms with Crippen LogP contribution >= 0.6 is 11.6 Å². The van der Waals surface area contributed by atoms with Crippen molar-refractivity contribution in [3.05, 3.63) is 35.0 Å². The van der Waals surface area contributed by atoms with Crippen molar-refractivity contribution < 1.29 is 0 Å². The highest BCUT2D eigenvalue weighted by Gasteiger charge is 1.95. The summed E-state index contributed by atoms with van der Waals surface area (Å²) in [5.41, 5.74) is 7.22. The summed E-state index contributed by atoms with van der Waals surface area (Å²) in [7, 11) is 0. The highest BCUT2D eigenvalue weighted by molar-refractivity contribution is 6.32. The van der Waals surface area contributed by atoms with Crippen LogP contribution in [0.1, 0.15) is 13.8 Å². The van der Waals surface area contributed by atoms with Crippen LogP contribution in [-0.2, 0) is 0 Å². The molecule has 1 nitrogen and oxygen atoms in total.